The molecule has 0 spiro atoms. The van der Waals surface area contributed by atoms with Gasteiger partial charge < -0.3 is 5.32 Å². The van der Waals surface area contributed by atoms with Crippen molar-refractivity contribution >= 4 is 22.7 Å². The quantitative estimate of drug-likeness (QED) is 0.922. The van der Waals surface area contributed by atoms with Crippen molar-refractivity contribution in [2.75, 3.05) is 6.54 Å². The van der Waals surface area contributed by atoms with Gasteiger partial charge in [-0.15, -0.1) is 22.7 Å². The molecule has 0 saturated heterocycles. The molecule has 3 rings (SSSR count). The Labute approximate surface area is 116 Å². The lowest BCUT2D eigenvalue weighted by molar-refractivity contribution is 0.467. The maximum Gasteiger partial charge on any atom is 0.0797 e. The Bertz CT molecular complexity index is 515. The van der Waals surface area contributed by atoms with E-state index >= 15 is 0 Å². The van der Waals surface area contributed by atoms with Gasteiger partial charge in [-0.25, -0.2) is 4.98 Å². The average molecular weight is 278 g/mol. The van der Waals surface area contributed by atoms with Gasteiger partial charge in [0, 0.05) is 22.3 Å². The highest BCUT2D eigenvalue weighted by Crippen LogP contribution is 2.33. The molecule has 0 bridgehead atoms. The number of fused-ring (bicyclic) bond motifs is 1. The summed E-state index contributed by atoms with van der Waals surface area (Å²) in [7, 11) is 0. The van der Waals surface area contributed by atoms with Crippen molar-refractivity contribution in [2.45, 2.75) is 38.6 Å². The first-order valence-corrected chi connectivity index (χ1v) is 8.29. The summed E-state index contributed by atoms with van der Waals surface area (Å²) in [6.07, 6.45) is 4.99. The van der Waals surface area contributed by atoms with E-state index in [4.69, 9.17) is 0 Å². The molecule has 2 aromatic heterocycles. The van der Waals surface area contributed by atoms with Crippen LogP contribution in [0.15, 0.2) is 17.0 Å². The minimum atomic E-state index is 0.577. The van der Waals surface area contributed by atoms with Gasteiger partial charge in [0.05, 0.1) is 11.2 Å². The number of nitrogens with one attached hydrogen (secondary N) is 1. The van der Waals surface area contributed by atoms with Gasteiger partial charge in [0.25, 0.3) is 0 Å². The van der Waals surface area contributed by atoms with E-state index in [-0.39, 0.29) is 0 Å². The van der Waals surface area contributed by atoms with E-state index in [0.717, 1.165) is 13.0 Å². The smallest absolute Gasteiger partial charge is 0.0797 e. The lowest BCUT2D eigenvalue weighted by Crippen LogP contribution is -2.26. The molecule has 2 aromatic rings. The van der Waals surface area contributed by atoms with E-state index in [1.54, 1.807) is 21.8 Å². The Kier molecular flexibility index (Phi) is 3.77. The molecule has 0 fully saturated rings. The summed E-state index contributed by atoms with van der Waals surface area (Å²) in [6, 6.07) is 2.88. The molecule has 4 heteroatoms. The van der Waals surface area contributed by atoms with Gasteiger partial charge in [0.15, 0.2) is 0 Å². The molecule has 96 valence electrons. The van der Waals surface area contributed by atoms with E-state index in [2.05, 4.69) is 28.7 Å². The van der Waals surface area contributed by atoms with Crippen LogP contribution in [0.25, 0.3) is 0 Å². The minimum absolute atomic E-state index is 0.577. The van der Waals surface area contributed by atoms with Crippen molar-refractivity contribution < 1.29 is 0 Å². The molecule has 2 heterocycles. The van der Waals surface area contributed by atoms with Crippen molar-refractivity contribution in [1.82, 2.24) is 10.3 Å². The molecular formula is C14H18N2S2. The SMILES string of the molecule is Cc1ncsc1CCNC1CCCc2sccc21. The summed E-state index contributed by atoms with van der Waals surface area (Å²) in [5, 5.41) is 5.95. The molecule has 0 radical (unpaired) electrons. The van der Waals surface area contributed by atoms with Gasteiger partial charge in [0.1, 0.15) is 0 Å². The zero-order valence-electron chi connectivity index (χ0n) is 10.6. The van der Waals surface area contributed by atoms with Crippen LogP contribution in [0.1, 0.15) is 39.9 Å². The van der Waals surface area contributed by atoms with Crippen LogP contribution in [-0.2, 0) is 12.8 Å². The Morgan fingerprint density at radius 2 is 2.39 bits per heavy atom. The molecule has 0 aliphatic heterocycles. The van der Waals surface area contributed by atoms with Crippen molar-refractivity contribution in [3.63, 3.8) is 0 Å². The summed E-state index contributed by atoms with van der Waals surface area (Å²) in [5.74, 6) is 0. The Morgan fingerprint density at radius 3 is 3.22 bits per heavy atom. The molecule has 18 heavy (non-hydrogen) atoms. The van der Waals surface area contributed by atoms with Gasteiger partial charge in [-0.3, -0.25) is 0 Å². The average Bonchev–Trinajstić information content (AvgIpc) is 2.99. The van der Waals surface area contributed by atoms with Crippen LogP contribution in [-0.4, -0.2) is 11.5 Å². The van der Waals surface area contributed by atoms with Gasteiger partial charge in [-0.2, -0.15) is 0 Å². The Hall–Kier alpha value is -0.710. The molecule has 0 amide bonds. The van der Waals surface area contributed by atoms with Gasteiger partial charge in [-0.05, 0) is 49.6 Å². The highest BCUT2D eigenvalue weighted by atomic mass is 32.1. The van der Waals surface area contributed by atoms with E-state index in [1.807, 2.05) is 16.8 Å². The third-order valence-corrected chi connectivity index (χ3v) is 5.63. The second-order valence-corrected chi connectivity index (χ2v) is 6.75. The maximum absolute atomic E-state index is 4.30. The number of thiazole rings is 1. The van der Waals surface area contributed by atoms with Crippen LogP contribution < -0.4 is 5.32 Å². The Balaban J connectivity index is 1.57. The number of nitrogens with zero attached hydrogens (tertiary/aromatic N) is 1. The fourth-order valence-corrected chi connectivity index (χ4v) is 4.39. The van der Waals surface area contributed by atoms with Crippen molar-refractivity contribution in [1.29, 1.82) is 0 Å². The number of rotatable bonds is 4. The van der Waals surface area contributed by atoms with Gasteiger partial charge in [0.2, 0.25) is 0 Å². The van der Waals surface area contributed by atoms with Crippen LogP contribution >= 0.6 is 22.7 Å². The second-order valence-electron chi connectivity index (χ2n) is 4.81. The highest BCUT2D eigenvalue weighted by Gasteiger charge is 2.20. The molecule has 1 aliphatic rings. The first-order chi connectivity index (χ1) is 8.84. The van der Waals surface area contributed by atoms with Crippen molar-refractivity contribution in [3.8, 4) is 0 Å². The molecule has 2 nitrogen and oxygen atoms in total. The standard InChI is InChI=1S/C14H18N2S2/c1-10-13(18-9-16-10)5-7-15-12-3-2-4-14-11(12)6-8-17-14/h6,8-9,12,15H,2-5,7H2,1H3. The van der Waals surface area contributed by atoms with Crippen LogP contribution in [0, 0.1) is 6.92 Å². The van der Waals surface area contributed by atoms with E-state index in [0.29, 0.717) is 6.04 Å². The monoisotopic (exact) mass is 278 g/mol. The number of aromatic nitrogens is 1. The summed E-state index contributed by atoms with van der Waals surface area (Å²) < 4.78 is 0. The summed E-state index contributed by atoms with van der Waals surface area (Å²) in [4.78, 5) is 7.31. The highest BCUT2D eigenvalue weighted by molar-refractivity contribution is 7.10. The van der Waals surface area contributed by atoms with Gasteiger partial charge in [-0.1, -0.05) is 0 Å². The second kappa shape index (κ2) is 5.51. The maximum atomic E-state index is 4.30. The summed E-state index contributed by atoms with van der Waals surface area (Å²) >= 11 is 3.69. The fourth-order valence-electron chi connectivity index (χ4n) is 2.62. The van der Waals surface area contributed by atoms with E-state index < -0.39 is 0 Å². The molecule has 1 unspecified atom stereocenters. The van der Waals surface area contributed by atoms with Crippen LogP contribution in [0.2, 0.25) is 0 Å². The number of thiophene rings is 1. The largest absolute Gasteiger partial charge is 0.310 e. The minimum Gasteiger partial charge on any atom is -0.310 e. The molecular weight excluding hydrogens is 260 g/mol. The van der Waals surface area contributed by atoms with Gasteiger partial charge >= 0.3 is 0 Å². The first-order valence-electron chi connectivity index (χ1n) is 6.53. The molecule has 0 aromatic carbocycles. The van der Waals surface area contributed by atoms with E-state index in [9.17, 15) is 0 Å². The first kappa shape index (κ1) is 12.3. The number of aryl methyl sites for hydroxylation is 2. The molecule has 0 saturated carbocycles. The van der Waals surface area contributed by atoms with Crippen molar-refractivity contribution in [2.24, 2.45) is 0 Å². The predicted molar refractivity (Wildman–Crippen MR) is 78.6 cm³/mol. The number of hydrogen-bond acceptors (Lipinski definition) is 4. The lowest BCUT2D eigenvalue weighted by atomic mass is 9.94. The zero-order valence-corrected chi connectivity index (χ0v) is 12.2. The third kappa shape index (κ3) is 2.51. The number of hydrogen-bond donors (Lipinski definition) is 1. The zero-order chi connectivity index (χ0) is 12.4. The summed E-state index contributed by atoms with van der Waals surface area (Å²) in [6.45, 7) is 3.16. The van der Waals surface area contributed by atoms with E-state index in [1.165, 1.54) is 29.8 Å². The fraction of sp³-hybridized carbons (Fsp3) is 0.500. The van der Waals surface area contributed by atoms with Crippen LogP contribution in [0.5, 0.6) is 0 Å². The Morgan fingerprint density at radius 1 is 1.44 bits per heavy atom. The topological polar surface area (TPSA) is 24.9 Å². The third-order valence-electron chi connectivity index (χ3n) is 3.64. The molecule has 1 atom stereocenters. The van der Waals surface area contributed by atoms with Crippen LogP contribution in [0.3, 0.4) is 0 Å². The normalized spacial score (nSPS) is 18.8. The van der Waals surface area contributed by atoms with Crippen molar-refractivity contribution in [3.05, 3.63) is 38.0 Å². The summed E-state index contributed by atoms with van der Waals surface area (Å²) in [5.41, 5.74) is 4.69. The lowest BCUT2D eigenvalue weighted by Gasteiger charge is -2.23. The van der Waals surface area contributed by atoms with Crippen LogP contribution in [0.4, 0.5) is 0 Å². The predicted octanol–water partition coefficient (Wildman–Crippen LogP) is 3.72. The molecule has 1 N–H and O–H groups in total. The molecule has 1 aliphatic carbocycles.